The largest absolute Gasteiger partial charge is 0.502 e. The summed E-state index contributed by atoms with van der Waals surface area (Å²) in [5.41, 5.74) is 2.17. The van der Waals surface area contributed by atoms with Crippen LogP contribution in [0, 0.1) is 0 Å². The van der Waals surface area contributed by atoms with E-state index in [1.165, 1.54) is 57.8 Å². The first-order chi connectivity index (χ1) is 18.7. The molecule has 0 bridgehead atoms. The highest BCUT2D eigenvalue weighted by molar-refractivity contribution is 7.59. The fourth-order valence-electron chi connectivity index (χ4n) is 5.00. The summed E-state index contributed by atoms with van der Waals surface area (Å²) < 4.78 is 19.2. The van der Waals surface area contributed by atoms with Gasteiger partial charge in [-0.1, -0.05) is 156 Å². The van der Waals surface area contributed by atoms with Gasteiger partial charge in [0.2, 0.25) is 0 Å². The molecule has 0 aromatic heterocycles. The Morgan fingerprint density at radius 1 is 0.553 bits per heavy atom. The van der Waals surface area contributed by atoms with Gasteiger partial charge in [0, 0.05) is 6.54 Å². The highest BCUT2D eigenvalue weighted by Gasteiger charge is 2.55. The van der Waals surface area contributed by atoms with E-state index >= 15 is 0 Å². The maximum absolute atomic E-state index is 7.13. The van der Waals surface area contributed by atoms with Crippen molar-refractivity contribution >= 4 is 8.09 Å². The number of unbranched alkanes of at least 4 members (excludes halogenated alkanes) is 9. The molecule has 206 valence electrons. The van der Waals surface area contributed by atoms with E-state index in [1.807, 2.05) is 18.2 Å². The SMILES string of the molecule is CCCCCCCCCCCCN[P+](OC)(OC)OC(c1ccccc1)(c1ccccc1)c1ccccc1. The van der Waals surface area contributed by atoms with Crippen LogP contribution in [-0.4, -0.2) is 20.8 Å². The van der Waals surface area contributed by atoms with Gasteiger partial charge in [-0.2, -0.15) is 9.05 Å². The monoisotopic (exact) mass is 536 g/mol. The smallest absolute Gasteiger partial charge is 0.166 e. The van der Waals surface area contributed by atoms with E-state index in [0.717, 1.165) is 29.7 Å². The number of hydrogen-bond acceptors (Lipinski definition) is 4. The Bertz CT molecular complexity index is 900. The molecule has 0 atom stereocenters. The first kappa shape index (κ1) is 30.5. The summed E-state index contributed by atoms with van der Waals surface area (Å²) in [6, 6.07) is 31.1. The van der Waals surface area contributed by atoms with Crippen molar-refractivity contribution in [1.82, 2.24) is 5.09 Å². The third kappa shape index (κ3) is 8.46. The molecule has 0 saturated carbocycles. The van der Waals surface area contributed by atoms with E-state index in [9.17, 15) is 0 Å². The summed E-state index contributed by atoms with van der Waals surface area (Å²) in [6.45, 7) is 3.05. The lowest BCUT2D eigenvalue weighted by Gasteiger charge is -2.36. The minimum absolute atomic E-state index is 0.778. The van der Waals surface area contributed by atoms with Crippen molar-refractivity contribution in [2.24, 2.45) is 0 Å². The zero-order valence-corrected chi connectivity index (χ0v) is 24.5. The minimum atomic E-state index is -2.90. The van der Waals surface area contributed by atoms with Gasteiger partial charge in [-0.05, 0) is 23.1 Å². The lowest BCUT2D eigenvalue weighted by atomic mass is 9.80. The lowest BCUT2D eigenvalue weighted by molar-refractivity contribution is 0.0846. The summed E-state index contributed by atoms with van der Waals surface area (Å²) in [4.78, 5) is 0. The maximum atomic E-state index is 7.13. The zero-order chi connectivity index (χ0) is 26.9. The van der Waals surface area contributed by atoms with E-state index in [-0.39, 0.29) is 0 Å². The lowest BCUT2D eigenvalue weighted by Crippen LogP contribution is -2.36. The van der Waals surface area contributed by atoms with Gasteiger partial charge < -0.3 is 0 Å². The van der Waals surface area contributed by atoms with Crippen LogP contribution < -0.4 is 5.09 Å². The van der Waals surface area contributed by atoms with Crippen LogP contribution >= 0.6 is 8.09 Å². The Balaban J connectivity index is 1.75. The molecule has 0 amide bonds. The Morgan fingerprint density at radius 3 is 1.29 bits per heavy atom. The summed E-state index contributed by atoms with van der Waals surface area (Å²) in [6.07, 6.45) is 13.0. The van der Waals surface area contributed by atoms with Crippen LogP contribution in [0.25, 0.3) is 0 Å². The molecule has 0 radical (unpaired) electrons. The van der Waals surface area contributed by atoms with Crippen molar-refractivity contribution in [3.8, 4) is 0 Å². The molecule has 0 aliphatic rings. The molecule has 4 nitrogen and oxygen atoms in total. The van der Waals surface area contributed by atoms with Gasteiger partial charge in [-0.3, -0.25) is 0 Å². The fraction of sp³-hybridized carbons (Fsp3) is 0.455. The van der Waals surface area contributed by atoms with Gasteiger partial charge in [-0.25, -0.2) is 0 Å². The van der Waals surface area contributed by atoms with E-state index in [4.69, 9.17) is 13.6 Å². The first-order valence-electron chi connectivity index (χ1n) is 14.3. The van der Waals surface area contributed by atoms with E-state index in [1.54, 1.807) is 14.2 Å². The molecule has 1 N–H and O–H groups in total. The van der Waals surface area contributed by atoms with E-state index < -0.39 is 13.7 Å². The average Bonchev–Trinajstić information content (AvgIpc) is 2.99. The third-order valence-corrected chi connectivity index (χ3v) is 9.20. The number of rotatable bonds is 19. The topological polar surface area (TPSA) is 39.7 Å². The van der Waals surface area contributed by atoms with Crippen molar-refractivity contribution < 1.29 is 13.6 Å². The van der Waals surface area contributed by atoms with Crippen molar-refractivity contribution in [3.05, 3.63) is 108 Å². The van der Waals surface area contributed by atoms with Crippen molar-refractivity contribution in [3.63, 3.8) is 0 Å². The molecular weight excluding hydrogens is 489 g/mol. The molecule has 0 aliphatic heterocycles. The standard InChI is InChI=1S/C33H47NO3P/c1-4-5-6-7-8-9-10-11-12-22-29-34-38(35-2,36-3)37-33(30-23-16-13-17-24-30,31-25-18-14-19-26-31)32-27-20-15-21-28-32/h13-21,23-28,34H,4-12,22,29H2,1-3H3/q+1. The second-order valence-electron chi connectivity index (χ2n) is 9.82. The number of nitrogens with one attached hydrogen (secondary N) is 1. The summed E-state index contributed by atoms with van der Waals surface area (Å²) in [7, 11) is 0.447. The fourth-order valence-corrected chi connectivity index (χ4v) is 6.73. The number of hydrogen-bond donors (Lipinski definition) is 1. The molecule has 3 aromatic carbocycles. The van der Waals surface area contributed by atoms with Gasteiger partial charge >= 0.3 is 8.09 Å². The Kier molecular flexibility index (Phi) is 13.5. The molecule has 0 saturated heterocycles. The van der Waals surface area contributed by atoms with Crippen molar-refractivity contribution in [2.75, 3.05) is 20.8 Å². The normalized spacial score (nSPS) is 12.1. The summed E-state index contributed by atoms with van der Waals surface area (Å²) >= 11 is 0. The van der Waals surface area contributed by atoms with Gasteiger partial charge in [0.05, 0.1) is 14.2 Å². The van der Waals surface area contributed by atoms with Crippen LogP contribution in [0.1, 0.15) is 87.8 Å². The molecule has 3 aromatic rings. The van der Waals surface area contributed by atoms with Gasteiger partial charge in [-0.15, -0.1) is 9.61 Å². The molecule has 3 rings (SSSR count). The van der Waals surface area contributed by atoms with Crippen LogP contribution in [0.15, 0.2) is 91.0 Å². The van der Waals surface area contributed by atoms with Gasteiger partial charge in [0.15, 0.2) is 5.60 Å². The molecule has 0 unspecified atom stereocenters. The van der Waals surface area contributed by atoms with Crippen molar-refractivity contribution in [2.45, 2.75) is 76.7 Å². The third-order valence-electron chi connectivity index (χ3n) is 7.11. The molecule has 0 fully saturated rings. The van der Waals surface area contributed by atoms with Crippen LogP contribution in [0.4, 0.5) is 0 Å². The molecule has 5 heteroatoms. The van der Waals surface area contributed by atoms with Gasteiger partial charge in [0.25, 0.3) is 0 Å². The summed E-state index contributed by atoms with van der Waals surface area (Å²) in [5.74, 6) is 0. The second kappa shape index (κ2) is 16.8. The Hall–Kier alpha value is -2.07. The maximum Gasteiger partial charge on any atom is 0.502 e. The Labute approximate surface area is 231 Å². The highest BCUT2D eigenvalue weighted by atomic mass is 31.2. The predicted octanol–water partition coefficient (Wildman–Crippen LogP) is 9.48. The van der Waals surface area contributed by atoms with Crippen LogP contribution in [0.3, 0.4) is 0 Å². The average molecular weight is 537 g/mol. The quantitative estimate of drug-likeness (QED) is 0.0941. The van der Waals surface area contributed by atoms with Gasteiger partial charge in [0.1, 0.15) is 0 Å². The van der Waals surface area contributed by atoms with Crippen LogP contribution in [0.5, 0.6) is 0 Å². The first-order valence-corrected chi connectivity index (χ1v) is 15.9. The van der Waals surface area contributed by atoms with Crippen molar-refractivity contribution in [1.29, 1.82) is 0 Å². The van der Waals surface area contributed by atoms with Crippen LogP contribution in [0.2, 0.25) is 0 Å². The molecule has 0 aliphatic carbocycles. The summed E-state index contributed by atoms with van der Waals surface area (Å²) in [5, 5.41) is 3.57. The molecule has 38 heavy (non-hydrogen) atoms. The second-order valence-corrected chi connectivity index (χ2v) is 12.0. The molecule has 0 heterocycles. The highest BCUT2D eigenvalue weighted by Crippen LogP contribution is 2.63. The minimum Gasteiger partial charge on any atom is -0.166 e. The molecular formula is C33H47NO3P+. The number of benzene rings is 3. The zero-order valence-electron chi connectivity index (χ0n) is 23.6. The predicted molar refractivity (Wildman–Crippen MR) is 161 cm³/mol. The van der Waals surface area contributed by atoms with Crippen LogP contribution in [-0.2, 0) is 19.2 Å². The van der Waals surface area contributed by atoms with E-state index in [2.05, 4.69) is 84.8 Å². The van der Waals surface area contributed by atoms with E-state index in [0.29, 0.717) is 0 Å². The molecule has 0 spiro atoms. The Morgan fingerprint density at radius 2 is 0.921 bits per heavy atom.